The minimum atomic E-state index is -0.590. The number of hydrogen-bond donors (Lipinski definition) is 3. The van der Waals surface area contributed by atoms with E-state index in [1.54, 1.807) is 7.05 Å². The van der Waals surface area contributed by atoms with Crippen LogP contribution >= 0.6 is 0 Å². The smallest absolute Gasteiger partial charge is 0.189 e. The van der Waals surface area contributed by atoms with E-state index in [2.05, 4.69) is 46.0 Å². The van der Waals surface area contributed by atoms with Crippen molar-refractivity contribution in [2.24, 2.45) is 22.6 Å². The van der Waals surface area contributed by atoms with Crippen molar-refractivity contribution < 1.29 is 4.79 Å². The van der Waals surface area contributed by atoms with Gasteiger partial charge in [-0.25, -0.2) is 0 Å². The fraction of sp³-hybridized carbons (Fsp3) is 0.692. The Labute approximate surface area is 188 Å². The van der Waals surface area contributed by atoms with Gasteiger partial charge in [-0.15, -0.1) is 0 Å². The first-order chi connectivity index (χ1) is 15.1. The number of aliphatic imine (C=N–C) groups is 1. The predicted octanol–water partition coefficient (Wildman–Crippen LogP) is 4.56. The van der Waals surface area contributed by atoms with Crippen molar-refractivity contribution in [2.45, 2.75) is 95.2 Å². The van der Waals surface area contributed by atoms with Gasteiger partial charge in [0.25, 0.3) is 0 Å². The molecule has 3 atom stereocenters. The lowest BCUT2D eigenvalue weighted by Gasteiger charge is -2.38. The fourth-order valence-corrected chi connectivity index (χ4v) is 5.64. The first-order valence-corrected chi connectivity index (χ1v) is 12.4. The second-order valence-electron chi connectivity index (χ2n) is 9.85. The van der Waals surface area contributed by atoms with Crippen molar-refractivity contribution in [1.82, 2.24) is 10.6 Å². The van der Waals surface area contributed by atoms with E-state index in [0.29, 0.717) is 17.9 Å². The average molecular weight is 427 g/mol. The molecule has 0 aromatic heterocycles. The summed E-state index contributed by atoms with van der Waals surface area (Å²) >= 11 is 0. The van der Waals surface area contributed by atoms with Crippen molar-refractivity contribution in [3.05, 3.63) is 35.9 Å². The zero-order valence-electron chi connectivity index (χ0n) is 19.3. The predicted molar refractivity (Wildman–Crippen MR) is 129 cm³/mol. The summed E-state index contributed by atoms with van der Waals surface area (Å²) in [6.07, 6.45) is 15.3. The first kappa shape index (κ1) is 23.8. The Balaban J connectivity index is 1.59. The zero-order valence-corrected chi connectivity index (χ0v) is 19.3. The van der Waals surface area contributed by atoms with Crippen LogP contribution in [-0.2, 0) is 11.3 Å². The summed E-state index contributed by atoms with van der Waals surface area (Å²) in [6.45, 7) is 0.909. The van der Waals surface area contributed by atoms with E-state index in [0.717, 1.165) is 44.4 Å². The molecular weight excluding hydrogens is 384 g/mol. The van der Waals surface area contributed by atoms with Crippen molar-refractivity contribution in [3.8, 4) is 0 Å². The molecule has 2 aliphatic carbocycles. The molecule has 0 heterocycles. The minimum absolute atomic E-state index is 0.380. The van der Waals surface area contributed by atoms with E-state index < -0.39 is 5.54 Å². The van der Waals surface area contributed by atoms with E-state index in [1.165, 1.54) is 56.9 Å². The van der Waals surface area contributed by atoms with E-state index in [4.69, 9.17) is 5.73 Å². The summed E-state index contributed by atoms with van der Waals surface area (Å²) in [6, 6.07) is 11.1. The van der Waals surface area contributed by atoms with Crippen LogP contribution in [0.25, 0.3) is 0 Å². The van der Waals surface area contributed by atoms with Crippen LogP contribution in [0, 0.1) is 11.8 Å². The number of benzene rings is 1. The van der Waals surface area contributed by atoms with Crippen molar-refractivity contribution in [2.75, 3.05) is 7.05 Å². The molecule has 0 amide bonds. The number of carbonyl (C=O) groups excluding carboxylic acids is 1. The molecule has 1 aromatic rings. The molecule has 0 aliphatic heterocycles. The van der Waals surface area contributed by atoms with E-state index in [-0.39, 0.29) is 0 Å². The Morgan fingerprint density at radius 2 is 1.84 bits per heavy atom. The van der Waals surface area contributed by atoms with Crippen molar-refractivity contribution in [1.29, 1.82) is 0 Å². The molecule has 0 unspecified atom stereocenters. The lowest BCUT2D eigenvalue weighted by atomic mass is 9.74. The van der Waals surface area contributed by atoms with Gasteiger partial charge in [-0.2, -0.15) is 0 Å². The van der Waals surface area contributed by atoms with Gasteiger partial charge < -0.3 is 21.2 Å². The molecule has 2 fully saturated rings. The van der Waals surface area contributed by atoms with Crippen LogP contribution in [0.5, 0.6) is 0 Å². The number of guanidine groups is 1. The standard InChI is InChI=1S/C26H42N4O/c1-28-25(27)30-26(20-31,16-15-21-9-4-2-5-10-21)18-23-13-8-14-24(17-23)29-19-22-11-6-3-7-12-22/h3,6-7,11-12,20-21,23-24,29H,2,4-5,8-10,13-19H2,1H3,(H3,27,28,30)/t23-,24+,26+/m0/s1. The number of rotatable bonds is 10. The molecule has 3 rings (SSSR count). The highest BCUT2D eigenvalue weighted by Crippen LogP contribution is 2.35. The van der Waals surface area contributed by atoms with Crippen molar-refractivity contribution in [3.63, 3.8) is 0 Å². The molecular formula is C26H42N4O. The summed E-state index contributed by atoms with van der Waals surface area (Å²) < 4.78 is 0. The number of carbonyl (C=O) groups is 1. The lowest BCUT2D eigenvalue weighted by Crippen LogP contribution is -2.54. The Morgan fingerprint density at radius 3 is 2.55 bits per heavy atom. The second-order valence-corrected chi connectivity index (χ2v) is 9.85. The molecule has 2 saturated carbocycles. The largest absolute Gasteiger partial charge is 0.370 e. The Morgan fingerprint density at radius 1 is 1.10 bits per heavy atom. The topological polar surface area (TPSA) is 79.5 Å². The quantitative estimate of drug-likeness (QED) is 0.291. The molecule has 0 bridgehead atoms. The number of aldehydes is 1. The maximum absolute atomic E-state index is 12.4. The van der Waals surface area contributed by atoms with Gasteiger partial charge in [0.05, 0.1) is 5.54 Å². The molecule has 0 saturated heterocycles. The molecule has 0 radical (unpaired) electrons. The van der Waals surface area contributed by atoms with Crippen LogP contribution in [0.4, 0.5) is 0 Å². The van der Waals surface area contributed by atoms with Crippen LogP contribution in [0.1, 0.15) is 82.6 Å². The average Bonchev–Trinajstić information content (AvgIpc) is 2.83. The maximum Gasteiger partial charge on any atom is 0.189 e. The molecule has 31 heavy (non-hydrogen) atoms. The summed E-state index contributed by atoms with van der Waals surface area (Å²) in [4.78, 5) is 16.5. The van der Waals surface area contributed by atoms with Crippen molar-refractivity contribution >= 4 is 12.2 Å². The number of hydrogen-bond acceptors (Lipinski definition) is 3. The van der Waals surface area contributed by atoms with Gasteiger partial charge in [0.15, 0.2) is 5.96 Å². The molecule has 5 nitrogen and oxygen atoms in total. The molecule has 0 spiro atoms. The number of nitrogens with two attached hydrogens (primary N) is 1. The Kier molecular flexibility index (Phi) is 9.38. The summed E-state index contributed by atoms with van der Waals surface area (Å²) in [5.41, 5.74) is 6.79. The normalized spacial score (nSPS) is 25.0. The third-order valence-electron chi connectivity index (χ3n) is 7.44. The summed E-state index contributed by atoms with van der Waals surface area (Å²) in [5.74, 6) is 1.65. The lowest BCUT2D eigenvalue weighted by molar-refractivity contribution is -0.114. The third kappa shape index (κ3) is 7.64. The van der Waals surface area contributed by atoms with E-state index >= 15 is 0 Å². The van der Waals surface area contributed by atoms with Crippen LogP contribution < -0.4 is 16.4 Å². The van der Waals surface area contributed by atoms with E-state index in [9.17, 15) is 4.79 Å². The summed E-state index contributed by atoms with van der Waals surface area (Å²) in [5, 5.41) is 7.08. The van der Waals surface area contributed by atoms with Gasteiger partial charge in [0.1, 0.15) is 6.29 Å². The highest BCUT2D eigenvalue weighted by Gasteiger charge is 2.36. The molecule has 172 valence electrons. The van der Waals surface area contributed by atoms with Gasteiger partial charge in [-0.1, -0.05) is 75.3 Å². The SMILES string of the molecule is CN=C(N)N[C@](C=O)(CCC1CCCCC1)C[C@H]1CCC[C@@H](NCc2ccccc2)C1. The molecule has 4 N–H and O–H groups in total. The molecule has 2 aliphatic rings. The highest BCUT2D eigenvalue weighted by molar-refractivity contribution is 5.83. The second kappa shape index (κ2) is 12.2. The Hall–Kier alpha value is -1.88. The third-order valence-corrected chi connectivity index (χ3v) is 7.44. The van der Waals surface area contributed by atoms with Crippen LogP contribution in [0.15, 0.2) is 35.3 Å². The molecule has 5 heteroatoms. The number of nitrogens with zero attached hydrogens (tertiary/aromatic N) is 1. The highest BCUT2D eigenvalue weighted by atomic mass is 16.1. The van der Waals surface area contributed by atoms with Gasteiger partial charge in [0, 0.05) is 19.6 Å². The Bertz CT molecular complexity index is 686. The van der Waals surface area contributed by atoms with Gasteiger partial charge in [-0.3, -0.25) is 4.99 Å². The van der Waals surface area contributed by atoms with E-state index in [1.807, 2.05) is 0 Å². The molecule has 1 aromatic carbocycles. The van der Waals surface area contributed by atoms with Crippen LogP contribution in [0.3, 0.4) is 0 Å². The number of nitrogens with one attached hydrogen (secondary N) is 2. The van der Waals surface area contributed by atoms with Gasteiger partial charge in [0.2, 0.25) is 0 Å². The maximum atomic E-state index is 12.4. The van der Waals surface area contributed by atoms with Crippen LogP contribution in [-0.4, -0.2) is 30.9 Å². The minimum Gasteiger partial charge on any atom is -0.370 e. The van der Waals surface area contributed by atoms with Crippen LogP contribution in [0.2, 0.25) is 0 Å². The zero-order chi connectivity index (χ0) is 21.9. The van der Waals surface area contributed by atoms with Gasteiger partial charge in [-0.05, 0) is 49.5 Å². The fourth-order valence-electron chi connectivity index (χ4n) is 5.64. The monoisotopic (exact) mass is 426 g/mol. The van der Waals surface area contributed by atoms with Gasteiger partial charge >= 0.3 is 0 Å². The first-order valence-electron chi connectivity index (χ1n) is 12.4. The summed E-state index contributed by atoms with van der Waals surface area (Å²) in [7, 11) is 1.68.